The molecule has 0 spiro atoms. The fourth-order valence-corrected chi connectivity index (χ4v) is 3.32. The summed E-state index contributed by atoms with van der Waals surface area (Å²) >= 11 is 0. The molecular formula is C13H18F3NO3. The van der Waals surface area contributed by atoms with Gasteiger partial charge in [0.2, 0.25) is 5.91 Å². The molecule has 3 atom stereocenters. The number of amides is 1. The number of alkyl halides is 3. The Morgan fingerprint density at radius 1 is 1.05 bits per heavy atom. The summed E-state index contributed by atoms with van der Waals surface area (Å²) in [6, 6.07) is -0.960. The molecule has 0 aromatic carbocycles. The Kier molecular flexibility index (Phi) is 4.25. The number of rotatable bonds is 2. The molecule has 2 unspecified atom stereocenters. The maximum absolute atomic E-state index is 13.0. The average Bonchev–Trinajstić information content (AvgIpc) is 2.86. The van der Waals surface area contributed by atoms with Crippen molar-refractivity contribution in [3.63, 3.8) is 0 Å². The number of carbonyl (C=O) groups is 2. The number of hydrogen-bond donors (Lipinski definition) is 1. The van der Waals surface area contributed by atoms with Crippen LogP contribution in [-0.2, 0) is 9.59 Å². The van der Waals surface area contributed by atoms with Crippen LogP contribution in [0.2, 0.25) is 0 Å². The minimum absolute atomic E-state index is 0.0362. The summed E-state index contributed by atoms with van der Waals surface area (Å²) in [6.07, 6.45) is -2.31. The lowest BCUT2D eigenvalue weighted by Gasteiger charge is -2.35. The van der Waals surface area contributed by atoms with Gasteiger partial charge in [-0.15, -0.1) is 0 Å². The van der Waals surface area contributed by atoms with E-state index in [9.17, 15) is 22.8 Å². The number of nitrogens with zero attached hydrogens (tertiary/aromatic N) is 1. The third kappa shape index (κ3) is 2.91. The van der Waals surface area contributed by atoms with Crippen LogP contribution in [0.5, 0.6) is 0 Å². The number of hydrogen-bond acceptors (Lipinski definition) is 2. The van der Waals surface area contributed by atoms with Gasteiger partial charge in [-0.2, -0.15) is 13.2 Å². The second kappa shape index (κ2) is 5.61. The molecule has 20 heavy (non-hydrogen) atoms. The molecule has 0 aromatic rings. The topological polar surface area (TPSA) is 57.6 Å². The van der Waals surface area contributed by atoms with E-state index >= 15 is 0 Å². The van der Waals surface area contributed by atoms with Crippen LogP contribution in [-0.4, -0.2) is 40.6 Å². The SMILES string of the molecule is O=C(O)[C@@H]1CCCN1C(=O)C1CCCCC1C(F)(F)F. The van der Waals surface area contributed by atoms with Crippen molar-refractivity contribution in [1.82, 2.24) is 4.90 Å². The van der Waals surface area contributed by atoms with Gasteiger partial charge in [0.15, 0.2) is 0 Å². The number of carbonyl (C=O) groups excluding carboxylic acids is 1. The largest absolute Gasteiger partial charge is 0.480 e. The van der Waals surface area contributed by atoms with Gasteiger partial charge >= 0.3 is 12.1 Å². The molecule has 1 aliphatic heterocycles. The monoisotopic (exact) mass is 293 g/mol. The van der Waals surface area contributed by atoms with Gasteiger partial charge in [-0.1, -0.05) is 12.8 Å². The summed E-state index contributed by atoms with van der Waals surface area (Å²) in [5, 5.41) is 9.04. The molecule has 1 aliphatic carbocycles. The lowest BCUT2D eigenvalue weighted by atomic mass is 9.78. The smallest absolute Gasteiger partial charge is 0.392 e. The molecule has 1 heterocycles. The number of likely N-dealkylation sites (tertiary alicyclic amines) is 1. The van der Waals surface area contributed by atoms with Gasteiger partial charge < -0.3 is 10.0 Å². The maximum atomic E-state index is 13.0. The third-order valence-electron chi connectivity index (χ3n) is 4.32. The maximum Gasteiger partial charge on any atom is 0.392 e. The lowest BCUT2D eigenvalue weighted by molar-refractivity contribution is -0.201. The molecule has 7 heteroatoms. The lowest BCUT2D eigenvalue weighted by Crippen LogP contribution is -2.48. The van der Waals surface area contributed by atoms with Crippen molar-refractivity contribution in [3.8, 4) is 0 Å². The van der Waals surface area contributed by atoms with Gasteiger partial charge in [0.1, 0.15) is 6.04 Å². The van der Waals surface area contributed by atoms with Crippen molar-refractivity contribution in [2.24, 2.45) is 11.8 Å². The van der Waals surface area contributed by atoms with Gasteiger partial charge in [0, 0.05) is 12.5 Å². The first-order chi connectivity index (χ1) is 9.32. The summed E-state index contributed by atoms with van der Waals surface area (Å²) in [5.74, 6) is -4.49. The van der Waals surface area contributed by atoms with Crippen LogP contribution in [0.4, 0.5) is 13.2 Å². The van der Waals surface area contributed by atoms with Crippen molar-refractivity contribution in [1.29, 1.82) is 0 Å². The molecular weight excluding hydrogens is 275 g/mol. The van der Waals surface area contributed by atoms with E-state index in [1.54, 1.807) is 0 Å². The predicted molar refractivity (Wildman–Crippen MR) is 63.9 cm³/mol. The van der Waals surface area contributed by atoms with Crippen molar-refractivity contribution >= 4 is 11.9 Å². The Morgan fingerprint density at radius 3 is 2.30 bits per heavy atom. The first-order valence-electron chi connectivity index (χ1n) is 6.92. The Balaban J connectivity index is 2.15. The molecule has 2 rings (SSSR count). The van der Waals surface area contributed by atoms with E-state index in [-0.39, 0.29) is 19.4 Å². The summed E-state index contributed by atoms with van der Waals surface area (Å²) in [5.41, 5.74) is 0. The normalized spacial score (nSPS) is 31.4. The zero-order valence-electron chi connectivity index (χ0n) is 11.0. The van der Waals surface area contributed by atoms with Crippen molar-refractivity contribution < 1.29 is 27.9 Å². The minimum atomic E-state index is -4.39. The molecule has 1 amide bonds. The van der Waals surface area contributed by atoms with E-state index in [1.165, 1.54) is 0 Å². The zero-order chi connectivity index (χ0) is 14.9. The highest BCUT2D eigenvalue weighted by Crippen LogP contribution is 2.42. The van der Waals surface area contributed by atoms with Crippen LogP contribution in [0.15, 0.2) is 0 Å². The van der Waals surface area contributed by atoms with Crippen molar-refractivity contribution in [3.05, 3.63) is 0 Å². The Bertz CT molecular complexity index is 397. The van der Waals surface area contributed by atoms with Gasteiger partial charge in [-0.05, 0) is 25.7 Å². The van der Waals surface area contributed by atoms with Gasteiger partial charge in [0.05, 0.1) is 5.92 Å². The molecule has 4 nitrogen and oxygen atoms in total. The molecule has 114 valence electrons. The molecule has 0 radical (unpaired) electrons. The molecule has 0 bridgehead atoms. The number of carboxylic acids is 1. The molecule has 1 N–H and O–H groups in total. The van der Waals surface area contributed by atoms with Crippen LogP contribution in [0.1, 0.15) is 38.5 Å². The molecule has 2 fully saturated rings. The summed E-state index contributed by atoms with van der Waals surface area (Å²) in [4.78, 5) is 24.5. The Morgan fingerprint density at radius 2 is 1.70 bits per heavy atom. The van der Waals surface area contributed by atoms with E-state index in [0.29, 0.717) is 25.7 Å². The van der Waals surface area contributed by atoms with Crippen LogP contribution >= 0.6 is 0 Å². The van der Waals surface area contributed by atoms with E-state index in [0.717, 1.165) is 4.90 Å². The van der Waals surface area contributed by atoms with E-state index in [4.69, 9.17) is 5.11 Å². The number of carboxylic acid groups (broad SMARTS) is 1. The van der Waals surface area contributed by atoms with Crippen molar-refractivity contribution in [2.45, 2.75) is 50.7 Å². The van der Waals surface area contributed by atoms with E-state index in [2.05, 4.69) is 0 Å². The van der Waals surface area contributed by atoms with Gasteiger partial charge in [-0.3, -0.25) is 4.79 Å². The van der Waals surface area contributed by atoms with Crippen LogP contribution < -0.4 is 0 Å². The zero-order valence-corrected chi connectivity index (χ0v) is 11.0. The van der Waals surface area contributed by atoms with Crippen LogP contribution in [0.3, 0.4) is 0 Å². The molecule has 1 saturated carbocycles. The van der Waals surface area contributed by atoms with Crippen LogP contribution in [0, 0.1) is 11.8 Å². The predicted octanol–water partition coefficient (Wildman–Crippen LogP) is 2.43. The third-order valence-corrected chi connectivity index (χ3v) is 4.32. The highest BCUT2D eigenvalue weighted by atomic mass is 19.4. The summed E-state index contributed by atoms with van der Waals surface area (Å²) in [6.45, 7) is 0.247. The standard InChI is InChI=1S/C13H18F3NO3/c14-13(15,16)9-5-2-1-4-8(9)11(18)17-7-3-6-10(17)12(19)20/h8-10H,1-7H2,(H,19,20)/t8?,9?,10-/m0/s1. The fourth-order valence-electron chi connectivity index (χ4n) is 3.32. The second-order valence-corrected chi connectivity index (χ2v) is 5.57. The van der Waals surface area contributed by atoms with Crippen molar-refractivity contribution in [2.75, 3.05) is 6.54 Å². The summed E-state index contributed by atoms with van der Waals surface area (Å²) < 4.78 is 39.0. The minimum Gasteiger partial charge on any atom is -0.480 e. The van der Waals surface area contributed by atoms with E-state index < -0.39 is 35.9 Å². The van der Waals surface area contributed by atoms with Crippen LogP contribution in [0.25, 0.3) is 0 Å². The fraction of sp³-hybridized carbons (Fsp3) is 0.846. The highest BCUT2D eigenvalue weighted by molar-refractivity contribution is 5.86. The molecule has 0 aromatic heterocycles. The highest BCUT2D eigenvalue weighted by Gasteiger charge is 2.50. The molecule has 2 aliphatic rings. The van der Waals surface area contributed by atoms with Gasteiger partial charge in [0.25, 0.3) is 0 Å². The quantitative estimate of drug-likeness (QED) is 0.850. The van der Waals surface area contributed by atoms with E-state index in [1.807, 2.05) is 0 Å². The number of aliphatic carboxylic acids is 1. The average molecular weight is 293 g/mol. The summed E-state index contributed by atoms with van der Waals surface area (Å²) in [7, 11) is 0. The molecule has 1 saturated heterocycles. The Labute approximate surface area is 114 Å². The first-order valence-corrected chi connectivity index (χ1v) is 6.92. The van der Waals surface area contributed by atoms with Gasteiger partial charge in [-0.25, -0.2) is 4.79 Å². The first kappa shape index (κ1) is 15.1. The number of halogens is 3. The Hall–Kier alpha value is -1.27. The second-order valence-electron chi connectivity index (χ2n) is 5.57.